The largest absolute Gasteiger partial charge is 0.390 e. The van der Waals surface area contributed by atoms with Crippen LogP contribution in [0.1, 0.15) is 20.3 Å². The lowest BCUT2D eigenvalue weighted by Gasteiger charge is -2.17. The van der Waals surface area contributed by atoms with Gasteiger partial charge in [-0.1, -0.05) is 6.92 Å². The number of hydrogen-bond donors (Lipinski definition) is 1. The Kier molecular flexibility index (Phi) is 3.30. The van der Waals surface area contributed by atoms with Crippen LogP contribution in [0.5, 0.6) is 0 Å². The van der Waals surface area contributed by atoms with Crippen molar-refractivity contribution in [3.8, 4) is 0 Å². The molecule has 1 aliphatic rings. The summed E-state index contributed by atoms with van der Waals surface area (Å²) in [7, 11) is 0. The maximum absolute atomic E-state index is 9.38. The summed E-state index contributed by atoms with van der Waals surface area (Å²) in [5, 5.41) is 9.38. The molecule has 1 rings (SSSR count). The second kappa shape index (κ2) is 4.04. The van der Waals surface area contributed by atoms with E-state index in [1.54, 1.807) is 0 Å². The highest BCUT2D eigenvalue weighted by atomic mass is 16.7. The van der Waals surface area contributed by atoms with Gasteiger partial charge in [-0.3, -0.25) is 0 Å². The second-order valence-corrected chi connectivity index (χ2v) is 2.80. The molecular formula is C8H16O3. The smallest absolute Gasteiger partial charge is 0.163 e. The fourth-order valence-corrected chi connectivity index (χ4v) is 1.42. The lowest BCUT2D eigenvalue weighted by Crippen LogP contribution is -2.25. The molecule has 0 aromatic heterocycles. The average molecular weight is 160 g/mol. The van der Waals surface area contributed by atoms with Gasteiger partial charge in [-0.05, 0) is 13.3 Å². The predicted molar refractivity (Wildman–Crippen MR) is 41.2 cm³/mol. The number of ether oxygens (including phenoxy) is 2. The summed E-state index contributed by atoms with van der Waals surface area (Å²) < 4.78 is 10.5. The number of aliphatic hydroxyl groups excluding tert-OH is 1. The van der Waals surface area contributed by atoms with Crippen molar-refractivity contribution in [2.45, 2.75) is 32.7 Å². The molecule has 1 heterocycles. The minimum atomic E-state index is -0.337. The lowest BCUT2D eigenvalue weighted by molar-refractivity contribution is -0.128. The first-order valence-electron chi connectivity index (χ1n) is 4.20. The Morgan fingerprint density at radius 2 is 2.27 bits per heavy atom. The van der Waals surface area contributed by atoms with Crippen LogP contribution in [0.3, 0.4) is 0 Å². The maximum Gasteiger partial charge on any atom is 0.163 e. The molecule has 1 aliphatic heterocycles. The summed E-state index contributed by atoms with van der Waals surface area (Å²) >= 11 is 0. The summed E-state index contributed by atoms with van der Waals surface area (Å²) in [5.74, 6) is 0.162. The molecule has 11 heavy (non-hydrogen) atoms. The van der Waals surface area contributed by atoms with Crippen molar-refractivity contribution in [1.82, 2.24) is 0 Å². The Labute approximate surface area is 67.3 Å². The highest BCUT2D eigenvalue weighted by molar-refractivity contribution is 4.76. The molecule has 0 unspecified atom stereocenters. The Balaban J connectivity index is 2.40. The van der Waals surface area contributed by atoms with Gasteiger partial charge >= 0.3 is 0 Å². The van der Waals surface area contributed by atoms with Crippen LogP contribution in [0.4, 0.5) is 0 Å². The zero-order chi connectivity index (χ0) is 8.27. The third kappa shape index (κ3) is 1.92. The maximum atomic E-state index is 9.38. The van der Waals surface area contributed by atoms with Gasteiger partial charge in [0.15, 0.2) is 6.29 Å². The molecule has 0 bridgehead atoms. The monoisotopic (exact) mass is 160 g/mol. The van der Waals surface area contributed by atoms with E-state index in [1.807, 2.05) is 13.8 Å². The van der Waals surface area contributed by atoms with Crippen molar-refractivity contribution in [2.24, 2.45) is 5.92 Å². The molecule has 0 spiro atoms. The zero-order valence-electron chi connectivity index (χ0n) is 7.12. The minimum absolute atomic E-state index is 0.162. The summed E-state index contributed by atoms with van der Waals surface area (Å²) in [5.41, 5.74) is 0. The van der Waals surface area contributed by atoms with Crippen LogP contribution in [-0.4, -0.2) is 30.7 Å². The van der Waals surface area contributed by atoms with Gasteiger partial charge in [0.05, 0.1) is 12.7 Å². The molecule has 1 N–H and O–H groups in total. The van der Waals surface area contributed by atoms with Crippen LogP contribution in [0, 0.1) is 5.92 Å². The quantitative estimate of drug-likeness (QED) is 0.662. The highest BCUT2D eigenvalue weighted by Crippen LogP contribution is 2.24. The Hall–Kier alpha value is -0.120. The van der Waals surface area contributed by atoms with E-state index in [9.17, 15) is 5.11 Å². The molecule has 3 heteroatoms. The normalized spacial score (nSPS) is 37.9. The molecule has 0 amide bonds. The fraction of sp³-hybridized carbons (Fsp3) is 1.00. The van der Waals surface area contributed by atoms with Crippen molar-refractivity contribution in [3.63, 3.8) is 0 Å². The lowest BCUT2D eigenvalue weighted by atomic mass is 10.0. The van der Waals surface area contributed by atoms with Crippen LogP contribution in [0.2, 0.25) is 0 Å². The van der Waals surface area contributed by atoms with Gasteiger partial charge in [0.1, 0.15) is 0 Å². The second-order valence-electron chi connectivity index (χ2n) is 2.80. The number of rotatable bonds is 3. The zero-order valence-corrected chi connectivity index (χ0v) is 7.12. The van der Waals surface area contributed by atoms with Crippen molar-refractivity contribution in [2.75, 3.05) is 13.2 Å². The molecule has 0 aliphatic carbocycles. The third-order valence-electron chi connectivity index (χ3n) is 2.08. The van der Waals surface area contributed by atoms with Crippen molar-refractivity contribution >= 4 is 0 Å². The van der Waals surface area contributed by atoms with Gasteiger partial charge in [0, 0.05) is 12.5 Å². The van der Waals surface area contributed by atoms with Crippen molar-refractivity contribution in [3.05, 3.63) is 0 Å². The molecule has 66 valence electrons. The Morgan fingerprint density at radius 1 is 1.55 bits per heavy atom. The molecule has 0 radical (unpaired) electrons. The molecule has 0 aromatic carbocycles. The molecule has 1 fully saturated rings. The predicted octanol–water partition coefficient (Wildman–Crippen LogP) is 0.766. The molecular weight excluding hydrogens is 144 g/mol. The van der Waals surface area contributed by atoms with E-state index in [4.69, 9.17) is 9.47 Å². The average Bonchev–Trinajstić information content (AvgIpc) is 2.33. The Bertz CT molecular complexity index is 114. The van der Waals surface area contributed by atoms with E-state index < -0.39 is 0 Å². The van der Waals surface area contributed by atoms with Crippen molar-refractivity contribution < 1.29 is 14.6 Å². The van der Waals surface area contributed by atoms with E-state index in [0.717, 1.165) is 6.42 Å². The first-order chi connectivity index (χ1) is 5.29. The molecule has 3 nitrogen and oxygen atoms in total. The van der Waals surface area contributed by atoms with E-state index in [1.165, 1.54) is 0 Å². The number of hydrogen-bond acceptors (Lipinski definition) is 3. The first-order valence-corrected chi connectivity index (χ1v) is 4.20. The summed E-state index contributed by atoms with van der Waals surface area (Å²) in [4.78, 5) is 0. The summed E-state index contributed by atoms with van der Waals surface area (Å²) in [6.45, 7) is 5.03. The third-order valence-corrected chi connectivity index (χ3v) is 2.08. The summed E-state index contributed by atoms with van der Waals surface area (Å²) in [6.07, 6.45) is 0.391. The van der Waals surface area contributed by atoms with E-state index in [0.29, 0.717) is 13.2 Å². The highest BCUT2D eigenvalue weighted by Gasteiger charge is 2.34. The number of aliphatic hydroxyl groups is 1. The van der Waals surface area contributed by atoms with Gasteiger partial charge in [-0.25, -0.2) is 0 Å². The first kappa shape index (κ1) is 8.97. The van der Waals surface area contributed by atoms with Gasteiger partial charge in [-0.15, -0.1) is 0 Å². The Morgan fingerprint density at radius 3 is 2.82 bits per heavy atom. The van der Waals surface area contributed by atoms with Crippen LogP contribution < -0.4 is 0 Å². The molecule has 0 saturated carbocycles. The molecule has 0 aromatic rings. The van der Waals surface area contributed by atoms with E-state index in [-0.39, 0.29) is 18.3 Å². The van der Waals surface area contributed by atoms with Crippen LogP contribution in [-0.2, 0) is 9.47 Å². The van der Waals surface area contributed by atoms with Gasteiger partial charge < -0.3 is 14.6 Å². The van der Waals surface area contributed by atoms with Gasteiger partial charge in [0.2, 0.25) is 0 Å². The molecule has 1 saturated heterocycles. The van der Waals surface area contributed by atoms with Crippen LogP contribution >= 0.6 is 0 Å². The van der Waals surface area contributed by atoms with Gasteiger partial charge in [0.25, 0.3) is 0 Å². The SMILES string of the molecule is CCO[C@H]1OC[C@H](O)[C@H]1CC. The molecule has 3 atom stereocenters. The topological polar surface area (TPSA) is 38.7 Å². The fourth-order valence-electron chi connectivity index (χ4n) is 1.42. The minimum Gasteiger partial charge on any atom is -0.390 e. The van der Waals surface area contributed by atoms with Crippen LogP contribution in [0.25, 0.3) is 0 Å². The van der Waals surface area contributed by atoms with Crippen molar-refractivity contribution in [1.29, 1.82) is 0 Å². The van der Waals surface area contributed by atoms with E-state index in [2.05, 4.69) is 0 Å². The van der Waals surface area contributed by atoms with E-state index >= 15 is 0 Å². The van der Waals surface area contributed by atoms with Gasteiger partial charge in [-0.2, -0.15) is 0 Å². The summed E-state index contributed by atoms with van der Waals surface area (Å²) in [6, 6.07) is 0. The standard InChI is InChI=1S/C8H16O3/c1-3-6-7(9)5-11-8(6)10-4-2/h6-9H,3-5H2,1-2H3/t6-,7+,8+/m1/s1. The van der Waals surface area contributed by atoms with Crippen LogP contribution in [0.15, 0.2) is 0 Å².